The number of nitrogens with one attached hydrogen (secondary N) is 1. The van der Waals surface area contributed by atoms with E-state index in [1.54, 1.807) is 29.4 Å². The highest BCUT2D eigenvalue weighted by Gasteiger charge is 2.28. The van der Waals surface area contributed by atoms with Gasteiger partial charge < -0.3 is 10.1 Å². The van der Waals surface area contributed by atoms with Crippen molar-refractivity contribution in [2.24, 2.45) is 0 Å². The molecule has 1 aliphatic rings. The van der Waals surface area contributed by atoms with Crippen molar-refractivity contribution >= 4 is 28.7 Å². The summed E-state index contributed by atoms with van der Waals surface area (Å²) in [5.74, 6) is 0.450. The number of fused-ring (bicyclic) bond motifs is 1. The molecule has 2 aromatic heterocycles. The van der Waals surface area contributed by atoms with Gasteiger partial charge in [-0.05, 0) is 32.9 Å². The van der Waals surface area contributed by atoms with Gasteiger partial charge in [0.2, 0.25) is 5.91 Å². The first-order chi connectivity index (χ1) is 10.9. The number of rotatable bonds is 1. The number of hydrogen-bond donors (Lipinski definition) is 1. The number of carbonyl (C=O) groups excluding carboxylic acids is 2. The fraction of sp³-hybridized carbons (Fsp3) is 0.438. The topological polar surface area (TPSA) is 76.5 Å². The minimum absolute atomic E-state index is 0.0724. The quantitative estimate of drug-likeness (QED) is 0.867. The van der Waals surface area contributed by atoms with Crippen LogP contribution in [-0.4, -0.2) is 46.8 Å². The Balaban J connectivity index is 2.11. The summed E-state index contributed by atoms with van der Waals surface area (Å²) in [6.07, 6.45) is 2.79. The van der Waals surface area contributed by atoms with Crippen LogP contribution in [0.25, 0.3) is 10.9 Å². The van der Waals surface area contributed by atoms with Crippen molar-refractivity contribution in [1.82, 2.24) is 14.9 Å². The summed E-state index contributed by atoms with van der Waals surface area (Å²) in [5.41, 5.74) is 0.0569. The number of anilines is 1. The molecule has 3 heterocycles. The lowest BCUT2D eigenvalue weighted by molar-refractivity contribution is -0.118. The molecule has 0 radical (unpaired) electrons. The molecule has 1 saturated heterocycles. The van der Waals surface area contributed by atoms with Gasteiger partial charge in [0.25, 0.3) is 0 Å². The fourth-order valence-electron chi connectivity index (χ4n) is 2.59. The van der Waals surface area contributed by atoms with Crippen LogP contribution in [-0.2, 0) is 9.53 Å². The molecule has 0 bridgehead atoms. The van der Waals surface area contributed by atoms with Crippen LogP contribution in [0.2, 0.25) is 0 Å². The van der Waals surface area contributed by atoms with Crippen LogP contribution in [0.15, 0.2) is 24.5 Å². The number of ether oxygens (including phenoxy) is 1. The van der Waals surface area contributed by atoms with E-state index in [1.807, 2.05) is 20.8 Å². The third kappa shape index (κ3) is 3.05. The minimum Gasteiger partial charge on any atom is -0.443 e. The predicted molar refractivity (Wildman–Crippen MR) is 86.6 cm³/mol. The Morgan fingerprint density at radius 3 is 2.87 bits per heavy atom. The van der Waals surface area contributed by atoms with E-state index in [2.05, 4.69) is 10.3 Å². The Hall–Kier alpha value is -2.41. The van der Waals surface area contributed by atoms with Gasteiger partial charge in [0.1, 0.15) is 11.4 Å². The summed E-state index contributed by atoms with van der Waals surface area (Å²) >= 11 is 0. The molecule has 3 rings (SSSR count). The van der Waals surface area contributed by atoms with Crippen molar-refractivity contribution in [3.05, 3.63) is 24.5 Å². The number of nitrogens with zero attached hydrogens (tertiary/aromatic N) is 3. The summed E-state index contributed by atoms with van der Waals surface area (Å²) in [6, 6.07) is 3.55. The molecule has 2 aromatic rings. The maximum absolute atomic E-state index is 12.7. The second kappa shape index (κ2) is 5.66. The van der Waals surface area contributed by atoms with E-state index in [0.717, 1.165) is 5.39 Å². The van der Waals surface area contributed by atoms with E-state index in [4.69, 9.17) is 4.74 Å². The molecule has 0 saturated carbocycles. The van der Waals surface area contributed by atoms with E-state index in [9.17, 15) is 9.59 Å². The van der Waals surface area contributed by atoms with Crippen molar-refractivity contribution in [3.8, 4) is 0 Å². The molecule has 1 N–H and O–H groups in total. The first kappa shape index (κ1) is 15.5. The van der Waals surface area contributed by atoms with E-state index in [-0.39, 0.29) is 12.5 Å². The van der Waals surface area contributed by atoms with Gasteiger partial charge in [0, 0.05) is 30.9 Å². The largest absolute Gasteiger partial charge is 0.443 e. The highest BCUT2D eigenvalue weighted by molar-refractivity contribution is 6.02. The molecule has 1 aliphatic heterocycles. The van der Waals surface area contributed by atoms with Crippen LogP contribution in [0.3, 0.4) is 0 Å². The van der Waals surface area contributed by atoms with Crippen molar-refractivity contribution < 1.29 is 14.3 Å². The van der Waals surface area contributed by atoms with Gasteiger partial charge >= 0.3 is 6.09 Å². The van der Waals surface area contributed by atoms with Crippen LogP contribution >= 0.6 is 0 Å². The highest BCUT2D eigenvalue weighted by atomic mass is 16.6. The van der Waals surface area contributed by atoms with Crippen LogP contribution in [0, 0.1) is 0 Å². The van der Waals surface area contributed by atoms with Crippen molar-refractivity contribution in [1.29, 1.82) is 0 Å². The molecule has 23 heavy (non-hydrogen) atoms. The SMILES string of the molecule is CC(C)(C)OC(=O)n1c(N2CCNCC2=O)cc2cnccc21. The smallest absolute Gasteiger partial charge is 0.420 e. The number of carbonyl (C=O) groups is 2. The van der Waals surface area contributed by atoms with E-state index < -0.39 is 11.7 Å². The van der Waals surface area contributed by atoms with Gasteiger partial charge in [-0.3, -0.25) is 14.7 Å². The molecule has 7 heteroatoms. The standard InChI is InChI=1S/C16H20N4O3/c1-16(2,3)23-15(22)20-12-4-5-17-9-11(12)8-13(20)19-7-6-18-10-14(19)21/h4-5,8-9,18H,6-7,10H2,1-3H3. The molecular formula is C16H20N4O3. The molecule has 0 unspecified atom stereocenters. The molecule has 122 valence electrons. The summed E-state index contributed by atoms with van der Waals surface area (Å²) in [5, 5.41) is 3.82. The second-order valence-corrected chi connectivity index (χ2v) is 6.47. The number of aromatic nitrogens is 2. The zero-order valence-corrected chi connectivity index (χ0v) is 13.5. The van der Waals surface area contributed by atoms with Crippen LogP contribution in [0.1, 0.15) is 20.8 Å². The number of hydrogen-bond acceptors (Lipinski definition) is 5. The Bertz CT molecular complexity index is 760. The predicted octanol–water partition coefficient (Wildman–Crippen LogP) is 1.76. The van der Waals surface area contributed by atoms with E-state index in [1.165, 1.54) is 4.57 Å². The average molecular weight is 316 g/mol. The van der Waals surface area contributed by atoms with Crippen molar-refractivity contribution in [3.63, 3.8) is 0 Å². The number of piperazine rings is 1. The maximum Gasteiger partial charge on any atom is 0.420 e. The third-order valence-corrected chi connectivity index (χ3v) is 3.52. The molecule has 1 fully saturated rings. The van der Waals surface area contributed by atoms with Gasteiger partial charge in [0.05, 0.1) is 12.1 Å². The van der Waals surface area contributed by atoms with Gasteiger partial charge in [-0.25, -0.2) is 9.36 Å². The Kier molecular flexibility index (Phi) is 3.81. The molecule has 0 aliphatic carbocycles. The molecule has 0 atom stereocenters. The maximum atomic E-state index is 12.7. The first-order valence-electron chi connectivity index (χ1n) is 7.57. The summed E-state index contributed by atoms with van der Waals surface area (Å²) in [4.78, 5) is 30.6. The molecule has 0 aromatic carbocycles. The highest BCUT2D eigenvalue weighted by Crippen LogP contribution is 2.28. The minimum atomic E-state index is -0.620. The monoisotopic (exact) mass is 316 g/mol. The van der Waals surface area contributed by atoms with Gasteiger partial charge in [-0.1, -0.05) is 0 Å². The van der Waals surface area contributed by atoms with Crippen molar-refractivity contribution in [2.75, 3.05) is 24.5 Å². The zero-order chi connectivity index (χ0) is 16.6. The lowest BCUT2D eigenvalue weighted by Crippen LogP contribution is -2.49. The average Bonchev–Trinajstić information content (AvgIpc) is 2.85. The molecule has 0 spiro atoms. The Morgan fingerprint density at radius 2 is 2.17 bits per heavy atom. The zero-order valence-electron chi connectivity index (χ0n) is 13.5. The van der Waals surface area contributed by atoms with Gasteiger partial charge in [-0.15, -0.1) is 0 Å². The summed E-state index contributed by atoms with van der Waals surface area (Å²) in [6.45, 7) is 6.88. The lowest BCUT2D eigenvalue weighted by Gasteiger charge is -2.28. The van der Waals surface area contributed by atoms with Gasteiger partial charge in [-0.2, -0.15) is 0 Å². The Morgan fingerprint density at radius 1 is 1.39 bits per heavy atom. The summed E-state index contributed by atoms with van der Waals surface area (Å²) < 4.78 is 6.96. The number of amides is 1. The van der Waals surface area contributed by atoms with Gasteiger partial charge in [0.15, 0.2) is 0 Å². The van der Waals surface area contributed by atoms with Crippen LogP contribution in [0.4, 0.5) is 10.6 Å². The van der Waals surface area contributed by atoms with Crippen LogP contribution < -0.4 is 10.2 Å². The normalized spacial score (nSPS) is 16.0. The van der Waals surface area contributed by atoms with Crippen molar-refractivity contribution in [2.45, 2.75) is 26.4 Å². The molecular weight excluding hydrogens is 296 g/mol. The fourth-order valence-corrected chi connectivity index (χ4v) is 2.59. The van der Waals surface area contributed by atoms with E-state index >= 15 is 0 Å². The first-order valence-corrected chi connectivity index (χ1v) is 7.57. The molecule has 7 nitrogen and oxygen atoms in total. The Labute approximate surface area is 134 Å². The van der Waals surface area contributed by atoms with Crippen LogP contribution in [0.5, 0.6) is 0 Å². The number of pyridine rings is 1. The lowest BCUT2D eigenvalue weighted by atomic mass is 10.2. The second-order valence-electron chi connectivity index (χ2n) is 6.47. The summed E-state index contributed by atoms with van der Waals surface area (Å²) in [7, 11) is 0. The third-order valence-electron chi connectivity index (χ3n) is 3.52. The molecule has 1 amide bonds. The van der Waals surface area contributed by atoms with E-state index in [0.29, 0.717) is 24.4 Å².